The molecule has 0 atom stereocenters. The first-order valence-corrected chi connectivity index (χ1v) is 10.9. The highest BCUT2D eigenvalue weighted by Gasteiger charge is 2.15. The van der Waals surface area contributed by atoms with Crippen molar-refractivity contribution >= 4 is 50.6 Å². The molecule has 0 bridgehead atoms. The number of anilines is 2. The minimum Gasteiger partial charge on any atom is -0.362 e. The van der Waals surface area contributed by atoms with Crippen molar-refractivity contribution in [2.45, 2.75) is 11.3 Å². The number of nitrogens with one attached hydrogen (secondary N) is 3. The van der Waals surface area contributed by atoms with E-state index in [2.05, 4.69) is 25.3 Å². The van der Waals surface area contributed by atoms with Gasteiger partial charge in [0.1, 0.15) is 0 Å². The third-order valence-corrected chi connectivity index (χ3v) is 5.63. The van der Waals surface area contributed by atoms with E-state index in [1.54, 1.807) is 18.2 Å². The maximum absolute atomic E-state index is 12.4. The summed E-state index contributed by atoms with van der Waals surface area (Å²) in [5.74, 6) is 0.0137. The molecule has 29 heavy (non-hydrogen) atoms. The van der Waals surface area contributed by atoms with Gasteiger partial charge in [-0.15, -0.1) is 0 Å². The van der Waals surface area contributed by atoms with Crippen molar-refractivity contribution in [3.05, 3.63) is 77.6 Å². The third kappa shape index (κ3) is 6.38. The molecule has 0 spiro atoms. The summed E-state index contributed by atoms with van der Waals surface area (Å²) in [5.41, 5.74) is 1.78. The van der Waals surface area contributed by atoms with Gasteiger partial charge >= 0.3 is 0 Å². The number of nitrogens with zero attached hydrogens (tertiary/aromatic N) is 2. The van der Waals surface area contributed by atoms with E-state index in [1.807, 2.05) is 24.3 Å². The summed E-state index contributed by atoms with van der Waals surface area (Å²) in [6.07, 6.45) is 3.68. The molecular formula is C19H18ClN5O2S2. The summed E-state index contributed by atoms with van der Waals surface area (Å²) in [6, 6.07) is 15.5. The van der Waals surface area contributed by atoms with Gasteiger partial charge in [-0.1, -0.05) is 23.7 Å². The van der Waals surface area contributed by atoms with Crippen molar-refractivity contribution in [2.75, 3.05) is 16.6 Å². The Morgan fingerprint density at radius 1 is 1.03 bits per heavy atom. The van der Waals surface area contributed by atoms with Crippen molar-refractivity contribution in [1.29, 1.82) is 0 Å². The molecule has 0 aliphatic heterocycles. The summed E-state index contributed by atoms with van der Waals surface area (Å²) in [5, 5.41) is 7.27. The average molecular weight is 448 g/mol. The van der Waals surface area contributed by atoms with Gasteiger partial charge in [-0.3, -0.25) is 0 Å². The van der Waals surface area contributed by atoms with E-state index in [0.29, 0.717) is 22.4 Å². The molecule has 1 aromatic heterocycles. The normalized spacial score (nSPS) is 10.9. The average Bonchev–Trinajstić information content (AvgIpc) is 2.69. The molecule has 2 aromatic carbocycles. The van der Waals surface area contributed by atoms with Gasteiger partial charge in [0, 0.05) is 29.6 Å². The van der Waals surface area contributed by atoms with Crippen molar-refractivity contribution in [1.82, 2.24) is 15.3 Å². The Bertz CT molecular complexity index is 1080. The number of benzene rings is 2. The first-order chi connectivity index (χ1) is 13.9. The number of rotatable bonds is 7. The molecule has 3 aromatic rings. The monoisotopic (exact) mass is 447 g/mol. The second-order valence-electron chi connectivity index (χ2n) is 5.96. The SMILES string of the molecule is O=S(=O)(Nc1ncccn1)c1ccc(NC(=S)NCCc2cccc(Cl)c2)cc1. The number of sulfonamides is 1. The predicted octanol–water partition coefficient (Wildman–Crippen LogP) is 3.46. The topological polar surface area (TPSA) is 96.0 Å². The molecule has 3 N–H and O–H groups in total. The van der Waals surface area contributed by atoms with E-state index in [9.17, 15) is 8.42 Å². The van der Waals surface area contributed by atoms with Crippen LogP contribution in [-0.4, -0.2) is 30.0 Å². The minimum absolute atomic E-state index is 0.0137. The van der Waals surface area contributed by atoms with Gasteiger partial charge in [0.05, 0.1) is 4.90 Å². The number of aromatic nitrogens is 2. The van der Waals surface area contributed by atoms with Crippen molar-refractivity contribution in [3.8, 4) is 0 Å². The summed E-state index contributed by atoms with van der Waals surface area (Å²) >= 11 is 11.2. The summed E-state index contributed by atoms with van der Waals surface area (Å²) < 4.78 is 27.1. The second-order valence-corrected chi connectivity index (χ2v) is 8.49. The van der Waals surface area contributed by atoms with Crippen molar-refractivity contribution < 1.29 is 8.42 Å². The van der Waals surface area contributed by atoms with Gasteiger partial charge in [-0.25, -0.2) is 23.1 Å². The molecule has 10 heteroatoms. The standard InChI is InChI=1S/C19H18ClN5O2S2/c20-15-4-1-3-14(13-15)9-12-23-19(28)24-16-5-7-17(8-6-16)29(26,27)25-18-21-10-2-11-22-18/h1-8,10-11,13H,9,12H2,(H,21,22,25)(H2,23,24,28). The second kappa shape index (κ2) is 9.64. The highest BCUT2D eigenvalue weighted by atomic mass is 35.5. The Kier molecular flexibility index (Phi) is 6.97. The Morgan fingerprint density at radius 3 is 2.45 bits per heavy atom. The maximum atomic E-state index is 12.4. The van der Waals surface area contributed by atoms with Crippen LogP contribution in [0.25, 0.3) is 0 Å². The number of thiocarbonyl (C=S) groups is 1. The number of hydrogen-bond donors (Lipinski definition) is 3. The zero-order chi connectivity index (χ0) is 20.7. The van der Waals surface area contributed by atoms with E-state index >= 15 is 0 Å². The highest BCUT2D eigenvalue weighted by Crippen LogP contribution is 2.16. The summed E-state index contributed by atoms with van der Waals surface area (Å²) in [4.78, 5) is 7.80. The highest BCUT2D eigenvalue weighted by molar-refractivity contribution is 7.92. The van der Waals surface area contributed by atoms with Gasteiger partial charge in [0.25, 0.3) is 10.0 Å². The Hall–Kier alpha value is -2.75. The molecule has 0 radical (unpaired) electrons. The van der Waals surface area contributed by atoms with Crippen LogP contribution in [0.4, 0.5) is 11.6 Å². The maximum Gasteiger partial charge on any atom is 0.264 e. The van der Waals surface area contributed by atoms with E-state index in [1.165, 1.54) is 24.5 Å². The third-order valence-electron chi connectivity index (χ3n) is 3.80. The Balaban J connectivity index is 1.52. The molecule has 0 aliphatic rings. The zero-order valence-electron chi connectivity index (χ0n) is 15.2. The van der Waals surface area contributed by atoms with E-state index in [4.69, 9.17) is 23.8 Å². The van der Waals surface area contributed by atoms with Crippen LogP contribution in [0.5, 0.6) is 0 Å². The molecule has 0 fully saturated rings. The molecule has 0 aliphatic carbocycles. The lowest BCUT2D eigenvalue weighted by molar-refractivity contribution is 0.601. The van der Waals surface area contributed by atoms with Gasteiger partial charge in [-0.2, -0.15) is 0 Å². The van der Waals surface area contributed by atoms with Crippen LogP contribution in [0.1, 0.15) is 5.56 Å². The Morgan fingerprint density at radius 2 is 1.76 bits per heavy atom. The summed E-state index contributed by atoms with van der Waals surface area (Å²) in [7, 11) is -3.77. The fourth-order valence-corrected chi connectivity index (χ4v) is 3.83. The van der Waals surface area contributed by atoms with Crippen LogP contribution in [0.2, 0.25) is 5.02 Å². The van der Waals surface area contributed by atoms with Gasteiger partial charge in [-0.05, 0) is 66.7 Å². The van der Waals surface area contributed by atoms with Gasteiger partial charge in [0.2, 0.25) is 5.95 Å². The molecule has 1 heterocycles. The van der Waals surface area contributed by atoms with Crippen LogP contribution >= 0.6 is 23.8 Å². The molecular weight excluding hydrogens is 430 g/mol. The number of halogens is 1. The lowest BCUT2D eigenvalue weighted by Crippen LogP contribution is -2.30. The van der Waals surface area contributed by atoms with E-state index < -0.39 is 10.0 Å². The van der Waals surface area contributed by atoms with Crippen LogP contribution < -0.4 is 15.4 Å². The largest absolute Gasteiger partial charge is 0.362 e. The minimum atomic E-state index is -3.77. The van der Waals surface area contributed by atoms with Crippen molar-refractivity contribution in [2.24, 2.45) is 0 Å². The smallest absolute Gasteiger partial charge is 0.264 e. The quantitative estimate of drug-likeness (QED) is 0.477. The molecule has 0 saturated carbocycles. The lowest BCUT2D eigenvalue weighted by atomic mass is 10.1. The van der Waals surface area contributed by atoms with Crippen LogP contribution in [0.3, 0.4) is 0 Å². The molecule has 7 nitrogen and oxygen atoms in total. The first kappa shape index (κ1) is 21.0. The molecule has 0 unspecified atom stereocenters. The molecule has 150 valence electrons. The summed E-state index contributed by atoms with van der Waals surface area (Å²) in [6.45, 7) is 0.639. The van der Waals surface area contributed by atoms with Crippen LogP contribution in [0.15, 0.2) is 71.9 Å². The van der Waals surface area contributed by atoms with Crippen LogP contribution in [0, 0.1) is 0 Å². The fraction of sp³-hybridized carbons (Fsp3) is 0.105. The van der Waals surface area contributed by atoms with E-state index in [-0.39, 0.29) is 10.8 Å². The Labute approximate surface area is 179 Å². The molecule has 3 rings (SSSR count). The first-order valence-electron chi connectivity index (χ1n) is 8.61. The zero-order valence-corrected chi connectivity index (χ0v) is 17.6. The van der Waals surface area contributed by atoms with Crippen LogP contribution in [-0.2, 0) is 16.4 Å². The van der Waals surface area contributed by atoms with E-state index in [0.717, 1.165) is 12.0 Å². The predicted molar refractivity (Wildman–Crippen MR) is 119 cm³/mol. The van der Waals surface area contributed by atoms with Crippen molar-refractivity contribution in [3.63, 3.8) is 0 Å². The molecule has 0 amide bonds. The van der Waals surface area contributed by atoms with Gasteiger partial charge in [0.15, 0.2) is 5.11 Å². The number of hydrogen-bond acceptors (Lipinski definition) is 5. The lowest BCUT2D eigenvalue weighted by Gasteiger charge is -2.11. The molecule has 0 saturated heterocycles. The fourth-order valence-electron chi connectivity index (χ4n) is 2.44. The van der Waals surface area contributed by atoms with Gasteiger partial charge < -0.3 is 10.6 Å².